The summed E-state index contributed by atoms with van der Waals surface area (Å²) in [5.74, 6) is 0.725. The summed E-state index contributed by atoms with van der Waals surface area (Å²) in [6.45, 7) is 5.79. The van der Waals surface area contributed by atoms with E-state index >= 15 is 0 Å². The summed E-state index contributed by atoms with van der Waals surface area (Å²) in [5, 5.41) is 15.1. The molecule has 1 unspecified atom stereocenters. The Labute approximate surface area is 158 Å². The molecular weight excluding hydrogens is 366 g/mol. The Morgan fingerprint density at radius 1 is 1.30 bits per heavy atom. The third-order valence-electron chi connectivity index (χ3n) is 4.25. The zero-order chi connectivity index (χ0) is 19.3. The van der Waals surface area contributed by atoms with Crippen molar-refractivity contribution in [3.05, 3.63) is 41.4 Å². The number of aromatic nitrogens is 1. The number of hydrogen-bond acceptors (Lipinski definition) is 5. The van der Waals surface area contributed by atoms with E-state index in [0.717, 1.165) is 11.3 Å². The fraction of sp³-hybridized carbons (Fsp3) is 0.211. The number of hydrogen-bond donors (Lipinski definition) is 1. The van der Waals surface area contributed by atoms with Gasteiger partial charge in [-0.1, -0.05) is 0 Å². The highest BCUT2D eigenvalue weighted by atomic mass is 32.2. The van der Waals surface area contributed by atoms with Gasteiger partial charge in [-0.15, -0.1) is 0 Å². The quantitative estimate of drug-likeness (QED) is 0.688. The van der Waals surface area contributed by atoms with Crippen molar-refractivity contribution in [3.8, 4) is 5.75 Å². The maximum atomic E-state index is 12.8. The molecule has 27 heavy (non-hydrogen) atoms. The van der Waals surface area contributed by atoms with Gasteiger partial charge in [0.2, 0.25) is 0 Å². The second-order valence-electron chi connectivity index (χ2n) is 6.51. The van der Waals surface area contributed by atoms with Gasteiger partial charge in [-0.2, -0.15) is 0 Å². The lowest BCUT2D eigenvalue weighted by Crippen LogP contribution is -2.34. The molecule has 0 saturated carbocycles. The van der Waals surface area contributed by atoms with Crippen LogP contribution in [-0.4, -0.2) is 22.4 Å². The monoisotopic (exact) mass is 383 g/mol. The Bertz CT molecular complexity index is 1090. The van der Waals surface area contributed by atoms with Crippen molar-refractivity contribution in [1.82, 2.24) is 4.98 Å². The van der Waals surface area contributed by atoms with Gasteiger partial charge in [0.05, 0.1) is 27.9 Å². The van der Waals surface area contributed by atoms with Crippen LogP contribution in [0.1, 0.15) is 19.4 Å². The molecule has 0 saturated heterocycles. The predicted octanol–water partition coefficient (Wildman–Crippen LogP) is 3.95. The molecule has 0 fully saturated rings. The maximum absolute atomic E-state index is 12.8. The summed E-state index contributed by atoms with van der Waals surface area (Å²) >= 11 is 0. The lowest BCUT2D eigenvalue weighted by atomic mass is 10.1. The normalized spacial score (nSPS) is 13.9. The van der Waals surface area contributed by atoms with Crippen LogP contribution in [0.25, 0.3) is 10.2 Å². The predicted molar refractivity (Wildman–Crippen MR) is 103 cm³/mol. The van der Waals surface area contributed by atoms with Crippen molar-refractivity contribution in [2.75, 3.05) is 10.2 Å². The van der Waals surface area contributed by atoms with E-state index in [-0.39, 0.29) is 12.1 Å². The molecule has 1 aliphatic rings. The van der Waals surface area contributed by atoms with E-state index in [4.69, 9.17) is 4.74 Å². The number of anilines is 3. The number of urea groups is 1. The van der Waals surface area contributed by atoms with E-state index in [0.29, 0.717) is 27.3 Å². The number of carbonyl (C=O) groups is 2. The number of carbonyl (C=O) groups excluding carboxylic acids is 2. The van der Waals surface area contributed by atoms with Crippen molar-refractivity contribution < 1.29 is 19.4 Å². The minimum atomic E-state index is -1.29. The number of benzene rings is 1. The van der Waals surface area contributed by atoms with E-state index in [2.05, 4.69) is 10.3 Å². The molecule has 0 aliphatic carbocycles. The molecule has 1 N–H and O–H groups in total. The van der Waals surface area contributed by atoms with Gasteiger partial charge in [0.1, 0.15) is 16.8 Å². The zero-order valence-electron chi connectivity index (χ0n) is 15.0. The van der Waals surface area contributed by atoms with Crippen LogP contribution in [0.2, 0.25) is 0 Å². The molecule has 3 heterocycles. The molecule has 1 aromatic carbocycles. The Kier molecular flexibility index (Phi) is 4.00. The number of nitrogens with one attached hydrogen (secondary N) is 1. The van der Waals surface area contributed by atoms with Crippen LogP contribution in [0.4, 0.5) is 26.7 Å². The first-order valence-electron chi connectivity index (χ1n) is 8.40. The summed E-state index contributed by atoms with van der Waals surface area (Å²) in [7, 11) is -1.29. The lowest BCUT2D eigenvalue weighted by molar-refractivity contribution is -0.233. The van der Waals surface area contributed by atoms with Gasteiger partial charge in [-0.3, -0.25) is 4.90 Å². The summed E-state index contributed by atoms with van der Waals surface area (Å²) in [6.07, 6.45) is 1.57. The first-order chi connectivity index (χ1) is 12.9. The molecular formula is C19H17N3O4S. The van der Waals surface area contributed by atoms with Crippen LogP contribution in [0, 0.1) is 6.92 Å². The van der Waals surface area contributed by atoms with Crippen LogP contribution in [-0.2, 0) is 0 Å². The SMILES string of the molecule is Cc1cc(OC(C)C)ccc1N1C(=O)Nc2c[s+](C(=O)[O-])c3nccc1c23. The largest absolute Gasteiger partial charge is 0.500 e. The van der Waals surface area contributed by atoms with Gasteiger partial charge < -0.3 is 20.0 Å². The second kappa shape index (κ2) is 6.24. The number of amides is 2. The molecule has 2 aromatic heterocycles. The highest BCUT2D eigenvalue weighted by molar-refractivity contribution is 7.54. The fourth-order valence-electron chi connectivity index (χ4n) is 3.23. The van der Waals surface area contributed by atoms with Crippen LogP contribution in [0.15, 0.2) is 35.8 Å². The third kappa shape index (κ3) is 2.78. The number of aryl methyl sites for hydroxylation is 1. The maximum Gasteiger partial charge on any atom is 0.331 e. The van der Waals surface area contributed by atoms with Gasteiger partial charge in [0.25, 0.3) is 4.83 Å². The molecule has 0 radical (unpaired) electrons. The number of pyridine rings is 1. The van der Waals surface area contributed by atoms with Crippen molar-refractivity contribution in [2.24, 2.45) is 0 Å². The van der Waals surface area contributed by atoms with Crippen molar-refractivity contribution in [3.63, 3.8) is 0 Å². The smallest absolute Gasteiger partial charge is 0.331 e. The second-order valence-corrected chi connectivity index (χ2v) is 8.14. The number of thiophene rings is 1. The average Bonchev–Trinajstić information content (AvgIpc) is 2.96. The molecule has 2 amide bonds. The Hall–Kier alpha value is -3.13. The Morgan fingerprint density at radius 2 is 2.07 bits per heavy atom. The van der Waals surface area contributed by atoms with E-state index < -0.39 is 15.8 Å². The van der Waals surface area contributed by atoms with Crippen molar-refractivity contribution in [2.45, 2.75) is 26.9 Å². The van der Waals surface area contributed by atoms with E-state index in [1.165, 1.54) is 16.5 Å². The first kappa shape index (κ1) is 17.3. The number of ether oxygens (including phenoxy) is 1. The number of carboxylic acid groups (broad SMARTS) is 1. The lowest BCUT2D eigenvalue weighted by Gasteiger charge is -2.28. The molecule has 3 aromatic rings. The molecule has 1 atom stereocenters. The number of nitrogens with zero attached hydrogens (tertiary/aromatic N) is 2. The van der Waals surface area contributed by atoms with Gasteiger partial charge in [-0.25, -0.2) is 9.78 Å². The molecule has 138 valence electrons. The Balaban J connectivity index is 1.87. The number of rotatable bonds is 4. The minimum Gasteiger partial charge on any atom is -0.500 e. The van der Waals surface area contributed by atoms with Crippen LogP contribution < -0.4 is 20.1 Å². The van der Waals surface area contributed by atoms with E-state index in [1.807, 2.05) is 39.0 Å². The average molecular weight is 383 g/mol. The standard InChI is InChI=1S/C19H17N3O4S/c1-10(2)26-12-4-5-14(11(3)8-12)22-15-6-7-20-17-16(15)13(21-18(22)23)9-27(17)19(24)25/h4-10H,1-3H3,(H-,21,23,24,25). The summed E-state index contributed by atoms with van der Waals surface area (Å²) in [6, 6.07) is 6.87. The summed E-state index contributed by atoms with van der Waals surface area (Å²) in [4.78, 5) is 30.4. The zero-order valence-corrected chi connectivity index (χ0v) is 15.8. The Morgan fingerprint density at radius 3 is 2.74 bits per heavy atom. The molecule has 8 heteroatoms. The molecule has 4 rings (SSSR count). The van der Waals surface area contributed by atoms with Crippen LogP contribution in [0.3, 0.4) is 0 Å². The molecule has 0 spiro atoms. The van der Waals surface area contributed by atoms with E-state index in [1.54, 1.807) is 6.07 Å². The summed E-state index contributed by atoms with van der Waals surface area (Å²) in [5.41, 5.74) is 2.63. The van der Waals surface area contributed by atoms with Crippen molar-refractivity contribution >= 4 is 49.1 Å². The third-order valence-corrected chi connectivity index (χ3v) is 5.81. The molecule has 0 bridgehead atoms. The first-order valence-corrected chi connectivity index (χ1v) is 9.69. The summed E-state index contributed by atoms with van der Waals surface area (Å²) < 4.78 is 5.71. The van der Waals surface area contributed by atoms with Gasteiger partial charge >= 0.3 is 11.3 Å². The molecule has 7 nitrogen and oxygen atoms in total. The highest BCUT2D eigenvalue weighted by Crippen LogP contribution is 2.47. The van der Waals surface area contributed by atoms with Gasteiger partial charge in [-0.05, 0) is 50.6 Å². The topological polar surface area (TPSA) is 94.6 Å². The minimum absolute atomic E-state index is 0.0484. The molecule has 1 aliphatic heterocycles. The van der Waals surface area contributed by atoms with Crippen molar-refractivity contribution in [1.29, 1.82) is 0 Å². The van der Waals surface area contributed by atoms with E-state index in [9.17, 15) is 14.7 Å². The van der Waals surface area contributed by atoms with Crippen LogP contribution >= 0.6 is 10.5 Å². The van der Waals surface area contributed by atoms with Gasteiger partial charge in [0, 0.05) is 6.20 Å². The van der Waals surface area contributed by atoms with Gasteiger partial charge in [0.15, 0.2) is 5.38 Å². The fourth-order valence-corrected chi connectivity index (χ4v) is 4.62. The van der Waals surface area contributed by atoms with Crippen LogP contribution in [0.5, 0.6) is 5.75 Å². The highest BCUT2D eigenvalue weighted by Gasteiger charge is 2.34.